The Bertz CT molecular complexity index is 332. The topological polar surface area (TPSA) is 40.5 Å². The average molecular weight is 238 g/mol. The van der Waals surface area contributed by atoms with Gasteiger partial charge in [0.1, 0.15) is 0 Å². The van der Waals surface area contributed by atoms with E-state index in [1.807, 2.05) is 6.92 Å². The van der Waals surface area contributed by atoms with Gasteiger partial charge in [-0.3, -0.25) is 0 Å². The zero-order valence-electron chi connectivity index (χ0n) is 11.5. The van der Waals surface area contributed by atoms with Crippen molar-refractivity contribution in [1.29, 1.82) is 0 Å². The van der Waals surface area contributed by atoms with Gasteiger partial charge in [0, 0.05) is 0 Å². The summed E-state index contributed by atoms with van der Waals surface area (Å²) < 4.78 is 0. The fraction of sp³-hybridized carbons (Fsp3) is 1.00. The van der Waals surface area contributed by atoms with Crippen molar-refractivity contribution in [2.24, 2.45) is 35.0 Å². The van der Waals surface area contributed by atoms with Gasteiger partial charge in [-0.05, 0) is 61.2 Å². The van der Waals surface area contributed by atoms with Crippen molar-refractivity contribution in [2.45, 2.75) is 58.7 Å². The molecule has 2 N–H and O–H groups in total. The molecule has 0 aromatic carbocycles. The van der Waals surface area contributed by atoms with E-state index in [1.165, 1.54) is 0 Å². The molecule has 17 heavy (non-hydrogen) atoms. The van der Waals surface area contributed by atoms with Crippen molar-refractivity contribution in [1.82, 2.24) is 0 Å². The molecular weight excluding hydrogens is 212 g/mol. The van der Waals surface area contributed by atoms with E-state index in [4.69, 9.17) is 0 Å². The van der Waals surface area contributed by atoms with Gasteiger partial charge in [-0.15, -0.1) is 0 Å². The minimum atomic E-state index is -0.500. The van der Waals surface area contributed by atoms with Crippen LogP contribution in [0.1, 0.15) is 47.0 Å². The Labute approximate surface area is 104 Å². The van der Waals surface area contributed by atoms with Crippen LogP contribution >= 0.6 is 0 Å². The van der Waals surface area contributed by atoms with Crippen LogP contribution in [0.4, 0.5) is 0 Å². The Balaban J connectivity index is 1.98. The van der Waals surface area contributed by atoms with Gasteiger partial charge in [-0.2, -0.15) is 0 Å². The number of rotatable bonds is 0. The van der Waals surface area contributed by atoms with Gasteiger partial charge >= 0.3 is 0 Å². The minimum Gasteiger partial charge on any atom is -0.393 e. The Morgan fingerprint density at radius 3 is 2.41 bits per heavy atom. The second-order valence-corrected chi connectivity index (χ2v) is 7.70. The highest BCUT2D eigenvalue weighted by molar-refractivity contribution is 5.17. The van der Waals surface area contributed by atoms with Crippen LogP contribution in [-0.2, 0) is 0 Å². The molecule has 0 radical (unpaired) electrons. The van der Waals surface area contributed by atoms with Crippen LogP contribution in [0, 0.1) is 35.0 Å². The Morgan fingerprint density at radius 2 is 1.76 bits per heavy atom. The summed E-state index contributed by atoms with van der Waals surface area (Å²) >= 11 is 0. The third kappa shape index (κ3) is 1.46. The molecule has 2 heteroatoms. The molecular formula is C15H26O2. The van der Waals surface area contributed by atoms with E-state index in [9.17, 15) is 10.2 Å². The normalized spacial score (nSPS) is 60.4. The summed E-state index contributed by atoms with van der Waals surface area (Å²) in [6.07, 6.45) is 2.80. The van der Waals surface area contributed by atoms with Gasteiger partial charge in [0.25, 0.3) is 0 Å². The van der Waals surface area contributed by atoms with Crippen LogP contribution in [-0.4, -0.2) is 21.9 Å². The van der Waals surface area contributed by atoms with E-state index in [0.29, 0.717) is 35.0 Å². The molecule has 3 rings (SSSR count). The lowest BCUT2D eigenvalue weighted by molar-refractivity contribution is -0.0196. The lowest BCUT2D eigenvalue weighted by atomic mass is 9.75. The molecule has 0 saturated heterocycles. The zero-order valence-corrected chi connectivity index (χ0v) is 11.5. The van der Waals surface area contributed by atoms with E-state index >= 15 is 0 Å². The second-order valence-electron chi connectivity index (χ2n) is 7.70. The molecule has 3 aliphatic carbocycles. The highest BCUT2D eigenvalue weighted by Crippen LogP contribution is 2.71. The first-order valence-electron chi connectivity index (χ1n) is 7.17. The molecule has 0 aliphatic heterocycles. The molecule has 0 bridgehead atoms. The fourth-order valence-electron chi connectivity index (χ4n) is 5.22. The quantitative estimate of drug-likeness (QED) is 0.680. The summed E-state index contributed by atoms with van der Waals surface area (Å²) in [5.41, 5.74) is -0.169. The SMILES string of the molecule is CC1[C@H](O)C[C@H]2[C@@H]([C@@H]3[C@H]1CC[C@@]3(C)O)C2(C)C. The number of fused-ring (bicyclic) bond motifs is 3. The minimum absolute atomic E-state index is 0.159. The summed E-state index contributed by atoms with van der Waals surface area (Å²) in [6, 6.07) is 0. The fourth-order valence-corrected chi connectivity index (χ4v) is 5.22. The zero-order chi connectivity index (χ0) is 12.6. The lowest BCUT2D eigenvalue weighted by Crippen LogP contribution is -2.37. The third-order valence-electron chi connectivity index (χ3n) is 6.47. The van der Waals surface area contributed by atoms with Gasteiger partial charge in [0.2, 0.25) is 0 Å². The van der Waals surface area contributed by atoms with Gasteiger partial charge < -0.3 is 10.2 Å². The van der Waals surface area contributed by atoms with Crippen molar-refractivity contribution in [2.75, 3.05) is 0 Å². The standard InChI is InChI=1S/C15H26O2/c1-8-9-5-6-15(4,17)12(9)13-10(7-11(8)16)14(13,2)3/h8-13,16-17H,5-7H2,1-4H3/t8?,9-,10-,11+,12-,13-,15+/m0/s1. The van der Waals surface area contributed by atoms with Crippen molar-refractivity contribution >= 4 is 0 Å². The average Bonchev–Trinajstić information content (AvgIpc) is 2.61. The van der Waals surface area contributed by atoms with Gasteiger partial charge in [0.05, 0.1) is 11.7 Å². The first kappa shape index (κ1) is 12.0. The highest BCUT2D eigenvalue weighted by atomic mass is 16.3. The summed E-state index contributed by atoms with van der Waals surface area (Å²) in [7, 11) is 0. The summed E-state index contributed by atoms with van der Waals surface area (Å²) in [5, 5.41) is 21.0. The predicted octanol–water partition coefficient (Wildman–Crippen LogP) is 2.44. The summed E-state index contributed by atoms with van der Waals surface area (Å²) in [4.78, 5) is 0. The van der Waals surface area contributed by atoms with E-state index < -0.39 is 5.60 Å². The van der Waals surface area contributed by atoms with Crippen LogP contribution in [0.15, 0.2) is 0 Å². The largest absolute Gasteiger partial charge is 0.393 e. The first-order chi connectivity index (χ1) is 7.77. The van der Waals surface area contributed by atoms with E-state index in [-0.39, 0.29) is 6.10 Å². The lowest BCUT2D eigenvalue weighted by Gasteiger charge is -2.34. The summed E-state index contributed by atoms with van der Waals surface area (Å²) in [5.74, 6) is 2.55. The van der Waals surface area contributed by atoms with E-state index in [1.54, 1.807) is 0 Å². The van der Waals surface area contributed by atoms with Crippen molar-refractivity contribution in [3.8, 4) is 0 Å². The molecule has 98 valence electrons. The molecule has 3 aliphatic rings. The molecule has 0 aromatic heterocycles. The summed E-state index contributed by atoms with van der Waals surface area (Å²) in [6.45, 7) is 8.84. The van der Waals surface area contributed by atoms with Crippen molar-refractivity contribution < 1.29 is 10.2 Å². The van der Waals surface area contributed by atoms with Gasteiger partial charge in [-0.25, -0.2) is 0 Å². The van der Waals surface area contributed by atoms with Crippen molar-refractivity contribution in [3.05, 3.63) is 0 Å². The molecule has 3 fully saturated rings. The number of hydrogen-bond acceptors (Lipinski definition) is 2. The molecule has 2 nitrogen and oxygen atoms in total. The molecule has 0 spiro atoms. The Kier molecular flexibility index (Phi) is 2.30. The molecule has 0 heterocycles. The molecule has 3 saturated carbocycles. The number of aliphatic hydroxyl groups is 2. The molecule has 0 aromatic rings. The monoisotopic (exact) mass is 238 g/mol. The van der Waals surface area contributed by atoms with Crippen LogP contribution in [0.3, 0.4) is 0 Å². The van der Waals surface area contributed by atoms with Crippen LogP contribution in [0.25, 0.3) is 0 Å². The maximum absolute atomic E-state index is 10.7. The molecule has 7 atom stereocenters. The third-order valence-corrected chi connectivity index (χ3v) is 6.47. The van der Waals surface area contributed by atoms with Gasteiger partial charge in [-0.1, -0.05) is 20.8 Å². The number of aliphatic hydroxyl groups excluding tert-OH is 1. The van der Waals surface area contributed by atoms with Crippen LogP contribution in [0.2, 0.25) is 0 Å². The second kappa shape index (κ2) is 3.27. The molecule has 1 unspecified atom stereocenters. The maximum Gasteiger partial charge on any atom is 0.0653 e. The van der Waals surface area contributed by atoms with Gasteiger partial charge in [0.15, 0.2) is 0 Å². The smallest absolute Gasteiger partial charge is 0.0653 e. The first-order valence-corrected chi connectivity index (χ1v) is 7.17. The maximum atomic E-state index is 10.7. The van der Waals surface area contributed by atoms with E-state index in [2.05, 4.69) is 20.8 Å². The van der Waals surface area contributed by atoms with E-state index in [0.717, 1.165) is 19.3 Å². The molecule has 0 amide bonds. The predicted molar refractivity (Wildman–Crippen MR) is 67.4 cm³/mol. The van der Waals surface area contributed by atoms with Crippen LogP contribution in [0.5, 0.6) is 0 Å². The van der Waals surface area contributed by atoms with Crippen molar-refractivity contribution in [3.63, 3.8) is 0 Å². The Hall–Kier alpha value is -0.0800. The van der Waals surface area contributed by atoms with Crippen LogP contribution < -0.4 is 0 Å². The number of hydrogen-bond donors (Lipinski definition) is 2. The Morgan fingerprint density at radius 1 is 1.12 bits per heavy atom. The highest BCUT2D eigenvalue weighted by Gasteiger charge is 2.68.